The second-order valence-corrected chi connectivity index (χ2v) is 16.0. The van der Waals surface area contributed by atoms with Crippen LogP contribution in [-0.2, 0) is 0 Å². The third-order valence-corrected chi connectivity index (χ3v) is 11.8. The molecule has 6 heteroatoms. The van der Waals surface area contributed by atoms with Gasteiger partial charge in [-0.2, -0.15) is 0 Å². The van der Waals surface area contributed by atoms with E-state index in [9.17, 15) is 0 Å². The van der Waals surface area contributed by atoms with E-state index in [1.807, 2.05) is 122 Å². The lowest BCUT2D eigenvalue weighted by molar-refractivity contribution is 1.31. The Morgan fingerprint density at radius 1 is 0.167 bits per heavy atom. The lowest BCUT2D eigenvalue weighted by atomic mass is 9.83. The Morgan fingerprint density at radius 3 is 0.621 bits per heavy atom. The molecule has 0 radical (unpaired) electrons. The van der Waals surface area contributed by atoms with Crippen LogP contribution in [0.2, 0.25) is 0 Å². The van der Waals surface area contributed by atoms with Crippen LogP contribution in [0, 0.1) is 0 Å². The van der Waals surface area contributed by atoms with E-state index in [0.717, 1.165) is 112 Å². The van der Waals surface area contributed by atoms with E-state index in [2.05, 4.69) is 131 Å². The molecule has 0 saturated carbocycles. The zero-order valence-electron chi connectivity index (χ0n) is 35.8. The van der Waals surface area contributed by atoms with E-state index >= 15 is 0 Å². The maximum atomic E-state index is 4.82. The lowest BCUT2D eigenvalue weighted by Gasteiger charge is -2.21. The minimum absolute atomic E-state index is 0.880. The zero-order chi connectivity index (χ0) is 44.1. The molecule has 0 fully saturated rings. The minimum Gasteiger partial charge on any atom is -0.256 e. The molecule has 66 heavy (non-hydrogen) atoms. The molecule has 11 aromatic rings. The Kier molecular flexibility index (Phi) is 10.9. The van der Waals surface area contributed by atoms with Gasteiger partial charge in [0.2, 0.25) is 0 Å². The van der Waals surface area contributed by atoms with Crippen molar-refractivity contribution in [2.24, 2.45) is 0 Å². The van der Waals surface area contributed by atoms with Crippen LogP contribution in [0.5, 0.6) is 0 Å². The molecule has 0 bridgehead atoms. The summed E-state index contributed by atoms with van der Waals surface area (Å²) in [5, 5.41) is 0. The Morgan fingerprint density at radius 2 is 0.379 bits per heavy atom. The molecule has 0 spiro atoms. The van der Waals surface area contributed by atoms with Crippen LogP contribution >= 0.6 is 0 Å². The predicted molar refractivity (Wildman–Crippen MR) is 268 cm³/mol. The van der Waals surface area contributed by atoms with Gasteiger partial charge in [0, 0.05) is 70.6 Å². The average molecular weight is 845 g/mol. The van der Waals surface area contributed by atoms with Crippen molar-refractivity contribution in [2.45, 2.75) is 0 Å². The molecule has 0 atom stereocenters. The van der Waals surface area contributed by atoms with Crippen molar-refractivity contribution in [1.82, 2.24) is 29.9 Å². The largest absolute Gasteiger partial charge is 0.256 e. The smallest absolute Gasteiger partial charge is 0.0702 e. The molecule has 5 aromatic carbocycles. The van der Waals surface area contributed by atoms with Crippen molar-refractivity contribution in [2.75, 3.05) is 0 Å². The molecule has 0 aliphatic rings. The fourth-order valence-corrected chi connectivity index (χ4v) is 8.55. The maximum Gasteiger partial charge on any atom is 0.0702 e. The van der Waals surface area contributed by atoms with Crippen molar-refractivity contribution in [3.05, 3.63) is 243 Å². The van der Waals surface area contributed by atoms with Gasteiger partial charge in [-0.3, -0.25) is 29.9 Å². The summed E-state index contributed by atoms with van der Waals surface area (Å²) in [6.45, 7) is 0. The van der Waals surface area contributed by atoms with Crippen LogP contribution in [-0.4, -0.2) is 29.9 Å². The van der Waals surface area contributed by atoms with Crippen molar-refractivity contribution in [3.8, 4) is 112 Å². The summed E-state index contributed by atoms with van der Waals surface area (Å²) in [7, 11) is 0. The summed E-state index contributed by atoms with van der Waals surface area (Å²) in [5.41, 5.74) is 19.9. The fourth-order valence-electron chi connectivity index (χ4n) is 8.55. The van der Waals surface area contributed by atoms with E-state index in [-0.39, 0.29) is 0 Å². The normalized spacial score (nSPS) is 11.0. The number of benzene rings is 5. The quantitative estimate of drug-likeness (QED) is 0.136. The van der Waals surface area contributed by atoms with Crippen LogP contribution in [0.25, 0.3) is 112 Å². The molecule has 6 heterocycles. The Labute approximate surface area is 383 Å². The number of aromatic nitrogens is 6. The summed E-state index contributed by atoms with van der Waals surface area (Å²) < 4.78 is 0. The summed E-state index contributed by atoms with van der Waals surface area (Å²) in [5.74, 6) is 0. The van der Waals surface area contributed by atoms with Gasteiger partial charge in [-0.05, 0) is 166 Å². The SMILES string of the molecule is c1ccc(-c2ccc(-c3cc(-c4ccc(-c5ccccn5)cc4)c(-c4cc(-c5ccccn5)cc(-c5ccccn5)c4)cc3-c3cc(-c4ccccn4)cc(-c4ccccn4)c3)cc2)nc1. The van der Waals surface area contributed by atoms with E-state index in [0.29, 0.717) is 0 Å². The Hall–Kier alpha value is -9.00. The third-order valence-electron chi connectivity index (χ3n) is 11.8. The van der Waals surface area contributed by atoms with E-state index in [4.69, 9.17) is 19.9 Å². The van der Waals surface area contributed by atoms with E-state index in [1.54, 1.807) is 0 Å². The Bertz CT molecular complexity index is 3060. The predicted octanol–water partition coefficient (Wildman–Crippen LogP) is 14.7. The number of nitrogens with zero attached hydrogens (tertiary/aromatic N) is 6. The highest BCUT2D eigenvalue weighted by molar-refractivity contribution is 5.98. The highest BCUT2D eigenvalue weighted by atomic mass is 14.7. The van der Waals surface area contributed by atoms with E-state index in [1.165, 1.54) is 0 Å². The van der Waals surface area contributed by atoms with Crippen molar-refractivity contribution in [1.29, 1.82) is 0 Å². The van der Waals surface area contributed by atoms with Gasteiger partial charge in [0.1, 0.15) is 0 Å². The average Bonchev–Trinajstić information content (AvgIpc) is 3.42. The first-order valence-corrected chi connectivity index (χ1v) is 21.9. The van der Waals surface area contributed by atoms with Crippen molar-refractivity contribution < 1.29 is 0 Å². The fraction of sp³-hybridized carbons (Fsp3) is 0. The standard InChI is InChI=1S/C60H40N6/c1-7-27-61-55(13-1)43-23-19-41(20-24-43)51-39-52(42-21-25-44(26-22-42)56-14-2-8-28-62-56)54(46-35-49(59-17-5-11-31-65-59)38-50(36-46)60-18-6-12-32-66-60)40-53(51)45-33-47(57-15-3-9-29-63-57)37-48(34-45)58-16-4-10-30-64-58/h1-40H. The highest BCUT2D eigenvalue weighted by Crippen LogP contribution is 2.45. The van der Waals surface area contributed by atoms with Gasteiger partial charge in [0.05, 0.1) is 34.2 Å². The van der Waals surface area contributed by atoms with Crippen LogP contribution in [0.4, 0.5) is 0 Å². The number of rotatable bonds is 10. The van der Waals surface area contributed by atoms with Crippen LogP contribution < -0.4 is 0 Å². The summed E-state index contributed by atoms with van der Waals surface area (Å²) in [4.78, 5) is 28.6. The highest BCUT2D eigenvalue weighted by Gasteiger charge is 2.20. The van der Waals surface area contributed by atoms with Gasteiger partial charge < -0.3 is 0 Å². The molecule has 0 aliphatic heterocycles. The molecule has 11 rings (SSSR count). The molecule has 6 nitrogen and oxygen atoms in total. The second kappa shape index (κ2) is 18.0. The molecule has 0 saturated heterocycles. The summed E-state index contributed by atoms with van der Waals surface area (Å²) in [6, 6.07) is 71.8. The van der Waals surface area contributed by atoms with Crippen LogP contribution in [0.15, 0.2) is 243 Å². The summed E-state index contributed by atoms with van der Waals surface area (Å²) >= 11 is 0. The topological polar surface area (TPSA) is 77.3 Å². The third kappa shape index (κ3) is 8.30. The van der Waals surface area contributed by atoms with Crippen molar-refractivity contribution in [3.63, 3.8) is 0 Å². The molecule has 0 unspecified atom stereocenters. The van der Waals surface area contributed by atoms with Crippen LogP contribution in [0.1, 0.15) is 0 Å². The minimum atomic E-state index is 0.880. The second-order valence-electron chi connectivity index (χ2n) is 16.0. The molecular weight excluding hydrogens is 805 g/mol. The first-order valence-electron chi connectivity index (χ1n) is 21.9. The molecule has 310 valence electrons. The number of hydrogen-bond donors (Lipinski definition) is 0. The summed E-state index contributed by atoms with van der Waals surface area (Å²) in [6.07, 6.45) is 11.0. The molecule has 0 N–H and O–H groups in total. The van der Waals surface area contributed by atoms with Gasteiger partial charge in [-0.25, -0.2) is 0 Å². The van der Waals surface area contributed by atoms with E-state index < -0.39 is 0 Å². The van der Waals surface area contributed by atoms with Gasteiger partial charge >= 0.3 is 0 Å². The monoisotopic (exact) mass is 844 g/mol. The first kappa shape index (κ1) is 39.8. The first-order chi connectivity index (χ1) is 32.7. The zero-order valence-corrected chi connectivity index (χ0v) is 35.8. The molecule has 6 aromatic heterocycles. The Balaban J connectivity index is 1.21. The van der Waals surface area contributed by atoms with Gasteiger partial charge in [0.15, 0.2) is 0 Å². The maximum absolute atomic E-state index is 4.82. The van der Waals surface area contributed by atoms with Gasteiger partial charge in [-0.15, -0.1) is 0 Å². The van der Waals surface area contributed by atoms with Gasteiger partial charge in [0.25, 0.3) is 0 Å². The molecule has 0 aliphatic carbocycles. The molecule has 0 amide bonds. The number of hydrogen-bond acceptors (Lipinski definition) is 6. The number of pyridine rings is 6. The lowest BCUT2D eigenvalue weighted by Crippen LogP contribution is -1.96. The molecular formula is C60H40N6. The van der Waals surface area contributed by atoms with Crippen LogP contribution in [0.3, 0.4) is 0 Å². The van der Waals surface area contributed by atoms with Gasteiger partial charge in [-0.1, -0.05) is 84.9 Å². The van der Waals surface area contributed by atoms with Crippen molar-refractivity contribution >= 4 is 0 Å².